The zero-order chi connectivity index (χ0) is 15.3. The van der Waals surface area contributed by atoms with E-state index in [1.54, 1.807) is 0 Å². The molecular formula is C14H24N4O2S. The summed E-state index contributed by atoms with van der Waals surface area (Å²) in [6.07, 6.45) is 4.68. The first-order chi connectivity index (χ1) is 9.73. The molecule has 118 valence electrons. The Bertz CT molecular complexity index is 617. The number of hydrogen-bond acceptors (Lipinski definition) is 5. The maximum atomic E-state index is 12.3. The summed E-state index contributed by atoms with van der Waals surface area (Å²) in [6.45, 7) is 5.88. The molecule has 0 radical (unpaired) electrons. The predicted molar refractivity (Wildman–Crippen MR) is 79.2 cm³/mol. The van der Waals surface area contributed by atoms with E-state index in [2.05, 4.69) is 15.4 Å². The second-order valence-electron chi connectivity index (χ2n) is 7.66. The van der Waals surface area contributed by atoms with Crippen LogP contribution >= 0.6 is 0 Å². The molecule has 2 fully saturated rings. The molecule has 1 aromatic rings. The van der Waals surface area contributed by atoms with Gasteiger partial charge in [0.15, 0.2) is 15.7 Å². The van der Waals surface area contributed by atoms with E-state index >= 15 is 0 Å². The van der Waals surface area contributed by atoms with Crippen molar-refractivity contribution in [1.82, 2.24) is 20.2 Å². The fourth-order valence-electron chi connectivity index (χ4n) is 3.30. The lowest BCUT2D eigenvalue weighted by Gasteiger charge is -2.20. The van der Waals surface area contributed by atoms with Gasteiger partial charge >= 0.3 is 0 Å². The van der Waals surface area contributed by atoms with E-state index in [0.717, 1.165) is 24.7 Å². The van der Waals surface area contributed by atoms with Crippen molar-refractivity contribution < 1.29 is 8.42 Å². The molecule has 7 heteroatoms. The van der Waals surface area contributed by atoms with Crippen molar-refractivity contribution in [2.24, 2.45) is 17.8 Å². The quantitative estimate of drug-likeness (QED) is 0.847. The second kappa shape index (κ2) is 5.04. The highest BCUT2D eigenvalue weighted by Crippen LogP contribution is 2.51. The summed E-state index contributed by atoms with van der Waals surface area (Å²) < 4.78 is 24.7. The van der Waals surface area contributed by atoms with Crippen LogP contribution in [-0.2, 0) is 21.1 Å². The highest BCUT2D eigenvalue weighted by molar-refractivity contribution is 7.90. The first-order valence-corrected chi connectivity index (χ1v) is 9.55. The van der Waals surface area contributed by atoms with Crippen molar-refractivity contribution in [3.05, 3.63) is 5.82 Å². The van der Waals surface area contributed by atoms with Gasteiger partial charge in [-0.2, -0.15) is 4.80 Å². The third-order valence-corrected chi connectivity index (χ3v) is 6.22. The largest absolute Gasteiger partial charge is 0.228 e. The molecule has 2 aliphatic rings. The summed E-state index contributed by atoms with van der Waals surface area (Å²) in [4.78, 5) is 1.48. The molecule has 1 heterocycles. The Morgan fingerprint density at radius 1 is 1.19 bits per heavy atom. The molecule has 0 saturated heterocycles. The maximum absolute atomic E-state index is 12.3. The Morgan fingerprint density at radius 2 is 1.95 bits per heavy atom. The molecule has 3 unspecified atom stereocenters. The van der Waals surface area contributed by atoms with Crippen LogP contribution in [-0.4, -0.2) is 34.4 Å². The molecule has 0 aliphatic heterocycles. The molecule has 21 heavy (non-hydrogen) atoms. The van der Waals surface area contributed by atoms with E-state index in [0.29, 0.717) is 11.7 Å². The van der Waals surface area contributed by atoms with Gasteiger partial charge in [-0.1, -0.05) is 0 Å². The van der Waals surface area contributed by atoms with Gasteiger partial charge in [0.05, 0.1) is 11.3 Å². The Hall–Kier alpha value is -0.980. The minimum atomic E-state index is -3.15. The standard InChI is InChI=1S/C14H24N4O2S/c1-14(2,3)18-16-13(15-17-18)9-21(19,20)8-10-4-5-11-7-12(11)6-10/h10-12H,4-9H2,1-3H3. The van der Waals surface area contributed by atoms with Crippen LogP contribution in [0.1, 0.15) is 52.3 Å². The van der Waals surface area contributed by atoms with Crippen LogP contribution in [0, 0.1) is 17.8 Å². The lowest BCUT2D eigenvalue weighted by Crippen LogP contribution is -2.25. The monoisotopic (exact) mass is 312 g/mol. The Balaban J connectivity index is 1.61. The summed E-state index contributed by atoms with van der Waals surface area (Å²) in [7, 11) is -3.15. The van der Waals surface area contributed by atoms with Gasteiger partial charge in [-0.25, -0.2) is 8.42 Å². The van der Waals surface area contributed by atoms with Gasteiger partial charge < -0.3 is 0 Å². The predicted octanol–water partition coefficient (Wildman–Crippen LogP) is 1.78. The molecule has 3 atom stereocenters. The highest BCUT2D eigenvalue weighted by Gasteiger charge is 2.42. The SMILES string of the molecule is CC(C)(C)n1nnc(CS(=O)(=O)CC2CCC3CC3C2)n1. The zero-order valence-electron chi connectivity index (χ0n) is 13.0. The average Bonchev–Trinajstić information content (AvgIpc) is 2.95. The second-order valence-corrected chi connectivity index (χ2v) is 9.76. The van der Waals surface area contributed by atoms with Crippen molar-refractivity contribution in [3.8, 4) is 0 Å². The topological polar surface area (TPSA) is 77.7 Å². The molecule has 1 aromatic heterocycles. The van der Waals surface area contributed by atoms with E-state index in [-0.39, 0.29) is 17.0 Å². The van der Waals surface area contributed by atoms with Crippen LogP contribution in [0.15, 0.2) is 0 Å². The summed E-state index contributed by atoms with van der Waals surface area (Å²) in [5.41, 5.74) is -0.278. The van der Waals surface area contributed by atoms with E-state index in [1.165, 1.54) is 17.6 Å². The highest BCUT2D eigenvalue weighted by atomic mass is 32.2. The van der Waals surface area contributed by atoms with Crippen molar-refractivity contribution in [1.29, 1.82) is 0 Å². The number of hydrogen-bond donors (Lipinski definition) is 0. The van der Waals surface area contributed by atoms with Gasteiger partial charge in [0.1, 0.15) is 5.75 Å². The van der Waals surface area contributed by atoms with Gasteiger partial charge in [-0.05, 0) is 69.4 Å². The molecule has 2 saturated carbocycles. The molecule has 0 spiro atoms. The molecule has 0 N–H and O–H groups in total. The Labute approximate surface area is 126 Å². The lowest BCUT2D eigenvalue weighted by molar-refractivity contribution is 0.305. The van der Waals surface area contributed by atoms with Crippen LogP contribution in [0.5, 0.6) is 0 Å². The van der Waals surface area contributed by atoms with Crippen LogP contribution in [0.25, 0.3) is 0 Å². The van der Waals surface area contributed by atoms with Gasteiger partial charge in [0.25, 0.3) is 0 Å². The molecule has 0 aromatic carbocycles. The van der Waals surface area contributed by atoms with Crippen LogP contribution < -0.4 is 0 Å². The maximum Gasteiger partial charge on any atom is 0.189 e. The van der Waals surface area contributed by atoms with E-state index < -0.39 is 9.84 Å². The number of tetrazole rings is 1. The summed E-state index contributed by atoms with van der Waals surface area (Å²) in [6, 6.07) is 0. The number of fused-ring (bicyclic) bond motifs is 1. The van der Waals surface area contributed by atoms with Gasteiger partial charge in [-0.15, -0.1) is 10.2 Å². The van der Waals surface area contributed by atoms with Gasteiger partial charge in [-0.3, -0.25) is 0 Å². The smallest absolute Gasteiger partial charge is 0.189 e. The van der Waals surface area contributed by atoms with Crippen molar-refractivity contribution in [2.75, 3.05) is 5.75 Å². The minimum Gasteiger partial charge on any atom is -0.228 e. The fourth-order valence-corrected chi connectivity index (χ4v) is 4.95. The first kappa shape index (κ1) is 14.9. The molecule has 2 aliphatic carbocycles. The number of nitrogens with zero attached hydrogens (tertiary/aromatic N) is 4. The normalized spacial score (nSPS) is 29.2. The Kier molecular flexibility index (Phi) is 3.58. The minimum absolute atomic E-state index is 0.0896. The van der Waals surface area contributed by atoms with E-state index in [4.69, 9.17) is 0 Å². The lowest BCUT2D eigenvalue weighted by atomic mass is 9.91. The molecule has 3 rings (SSSR count). The molecule has 0 amide bonds. The fraction of sp³-hybridized carbons (Fsp3) is 0.929. The van der Waals surface area contributed by atoms with E-state index in [9.17, 15) is 8.42 Å². The third-order valence-electron chi connectivity index (χ3n) is 4.54. The zero-order valence-corrected chi connectivity index (χ0v) is 13.8. The first-order valence-electron chi connectivity index (χ1n) is 7.73. The van der Waals surface area contributed by atoms with E-state index in [1.807, 2.05) is 20.8 Å². The summed E-state index contributed by atoms with van der Waals surface area (Å²) in [5.74, 6) is 2.53. The summed E-state index contributed by atoms with van der Waals surface area (Å²) >= 11 is 0. The average molecular weight is 312 g/mol. The number of rotatable bonds is 4. The number of sulfone groups is 1. The summed E-state index contributed by atoms with van der Waals surface area (Å²) in [5, 5.41) is 12.0. The Morgan fingerprint density at radius 3 is 2.57 bits per heavy atom. The van der Waals surface area contributed by atoms with Crippen molar-refractivity contribution >= 4 is 9.84 Å². The van der Waals surface area contributed by atoms with Crippen molar-refractivity contribution in [2.45, 2.75) is 57.7 Å². The van der Waals surface area contributed by atoms with Crippen LogP contribution in [0.3, 0.4) is 0 Å². The molecular weight excluding hydrogens is 288 g/mol. The third kappa shape index (κ3) is 3.62. The molecule has 6 nitrogen and oxygen atoms in total. The van der Waals surface area contributed by atoms with Crippen LogP contribution in [0.4, 0.5) is 0 Å². The molecule has 0 bridgehead atoms. The number of aromatic nitrogens is 4. The van der Waals surface area contributed by atoms with Gasteiger partial charge in [0.2, 0.25) is 0 Å². The van der Waals surface area contributed by atoms with Gasteiger partial charge in [0, 0.05) is 0 Å². The van der Waals surface area contributed by atoms with Crippen LogP contribution in [0.2, 0.25) is 0 Å². The van der Waals surface area contributed by atoms with Crippen molar-refractivity contribution in [3.63, 3.8) is 0 Å².